The van der Waals surface area contributed by atoms with Gasteiger partial charge in [-0.25, -0.2) is 9.97 Å². The Kier molecular flexibility index (Phi) is 14.2. The molecule has 4 N–H and O–H groups in total. The van der Waals surface area contributed by atoms with Gasteiger partial charge in [-0.2, -0.15) is 10.2 Å². The number of anilines is 4. The average molecular weight is 862 g/mol. The molecule has 0 saturated heterocycles. The number of carbonyl (C=O) groups excluding carboxylic acids is 5. The Balaban J connectivity index is 0.852. The summed E-state index contributed by atoms with van der Waals surface area (Å²) < 4.78 is 18.7. The third-order valence-corrected chi connectivity index (χ3v) is 11.6. The molecule has 5 amide bonds. The van der Waals surface area contributed by atoms with Crippen LogP contribution in [-0.2, 0) is 30.4 Å². The summed E-state index contributed by atoms with van der Waals surface area (Å²) in [6.07, 6.45) is 9.36. The van der Waals surface area contributed by atoms with Crippen molar-refractivity contribution in [2.24, 2.45) is 0 Å². The van der Waals surface area contributed by atoms with E-state index in [1.54, 1.807) is 53.8 Å². The van der Waals surface area contributed by atoms with Crippen molar-refractivity contribution in [1.29, 1.82) is 5.26 Å². The largest absolute Gasteiger partial charge is 0.495 e. The lowest BCUT2D eigenvalue weighted by Gasteiger charge is -2.41. The number of hydrogen-bond acceptors (Lipinski definition) is 14. The number of imide groups is 1. The van der Waals surface area contributed by atoms with E-state index in [4.69, 9.17) is 19.2 Å². The van der Waals surface area contributed by atoms with Crippen molar-refractivity contribution >= 4 is 53.2 Å². The maximum atomic E-state index is 13.1. The van der Waals surface area contributed by atoms with Gasteiger partial charge in [0.25, 0.3) is 11.8 Å². The second-order valence-corrected chi connectivity index (χ2v) is 15.5. The molecule has 2 atom stereocenters. The molecule has 0 radical (unpaired) electrons. The molecule has 19 nitrogen and oxygen atoms in total. The number of rotatable bonds is 20. The van der Waals surface area contributed by atoms with E-state index in [-0.39, 0.29) is 75.9 Å². The molecule has 2 aliphatic heterocycles. The first-order valence-corrected chi connectivity index (χ1v) is 21.1. The molecule has 1 fully saturated rings. The van der Waals surface area contributed by atoms with Crippen molar-refractivity contribution in [2.45, 2.75) is 83.5 Å². The van der Waals surface area contributed by atoms with Crippen LogP contribution in [0.2, 0.25) is 0 Å². The zero-order valence-corrected chi connectivity index (χ0v) is 35.5. The number of benzene rings is 2. The number of hydrogen-bond donors (Lipinski definition) is 4. The summed E-state index contributed by atoms with van der Waals surface area (Å²) in [4.78, 5) is 79.0. The smallest absolute Gasteiger partial charge is 0.254 e. The van der Waals surface area contributed by atoms with Crippen molar-refractivity contribution in [3.8, 4) is 17.5 Å². The third kappa shape index (κ3) is 9.77. The predicted molar refractivity (Wildman–Crippen MR) is 230 cm³/mol. The second kappa shape index (κ2) is 20.3. The first kappa shape index (κ1) is 44.2. The van der Waals surface area contributed by atoms with Crippen molar-refractivity contribution in [1.82, 2.24) is 35.1 Å². The monoisotopic (exact) mass is 861 g/mol. The second-order valence-electron chi connectivity index (χ2n) is 15.5. The van der Waals surface area contributed by atoms with Gasteiger partial charge >= 0.3 is 0 Å². The normalized spacial score (nSPS) is 15.8. The van der Waals surface area contributed by atoms with Gasteiger partial charge in [-0.05, 0) is 62.9 Å². The molecular formula is C44H51N11O8. The van der Waals surface area contributed by atoms with Crippen LogP contribution in [0.1, 0.15) is 103 Å². The Hall–Kier alpha value is -6.91. The number of nitrogens with zero attached hydrogens (tertiary/aromatic N) is 7. The Morgan fingerprint density at radius 2 is 1.86 bits per heavy atom. The number of carbonyl (C=O) groups is 5. The number of nitrogens with one attached hydrogen (secondary N) is 4. The molecule has 0 spiro atoms. The standard InChI is InChI=1S/C44H51N11O8/c1-4-35-40-34(21-45)48-25-54(40)36-22-47-44(52-41(36)55(35)29-8-5-6-9-29)51-33-14-13-28(20-37(33)61-3)42(59)46-16-17-62-18-19-63-24-39(58)50-32-11-7-10-30-31(32)23-53(43(30)60)27(2)12-15-38(57)49-26-56/h7,10-11,13-14,20,22,25-27,29,35H,4-6,8-9,12,15-19,23-24H2,1-3H3,(H,46,59)(H,50,58)(H,47,51,52)(H,49,56,57). The lowest BCUT2D eigenvalue weighted by molar-refractivity contribution is -0.125. The maximum Gasteiger partial charge on any atom is 0.254 e. The summed E-state index contributed by atoms with van der Waals surface area (Å²) in [7, 11) is 1.52. The van der Waals surface area contributed by atoms with Crippen molar-refractivity contribution in [3.63, 3.8) is 0 Å². The summed E-state index contributed by atoms with van der Waals surface area (Å²) in [6.45, 7) is 4.76. The zero-order valence-electron chi connectivity index (χ0n) is 35.5. The topological polar surface area (TPSA) is 235 Å². The minimum absolute atomic E-state index is 0.0571. The maximum absolute atomic E-state index is 13.1. The Morgan fingerprint density at radius 3 is 2.62 bits per heavy atom. The fourth-order valence-electron chi connectivity index (χ4n) is 8.45. The SMILES string of the molecule is CCC1c2c(C#N)ncn2-c2cnc(Nc3ccc(C(=O)NCCOCCOCC(=O)Nc4cccc5c4CN(C(C)CCC(=O)NC=O)C5=O)cc3OC)nc2N1C1CCCC1. The van der Waals surface area contributed by atoms with E-state index in [9.17, 15) is 29.2 Å². The van der Waals surface area contributed by atoms with Crippen molar-refractivity contribution in [2.75, 3.05) is 55.6 Å². The van der Waals surface area contributed by atoms with E-state index in [1.807, 2.05) is 11.5 Å². The van der Waals surface area contributed by atoms with E-state index in [1.165, 1.54) is 7.11 Å². The van der Waals surface area contributed by atoms with Crippen LogP contribution >= 0.6 is 0 Å². The molecule has 1 aliphatic carbocycles. The van der Waals surface area contributed by atoms with Crippen molar-refractivity contribution in [3.05, 3.63) is 77.0 Å². The number of aromatic nitrogens is 4. The Morgan fingerprint density at radius 1 is 1.05 bits per heavy atom. The van der Waals surface area contributed by atoms with Crippen LogP contribution < -0.4 is 30.9 Å². The van der Waals surface area contributed by atoms with Crippen LogP contribution in [0.25, 0.3) is 5.69 Å². The molecule has 0 bridgehead atoms. The number of fused-ring (bicyclic) bond motifs is 4. The van der Waals surface area contributed by atoms with Crippen LogP contribution in [-0.4, -0.2) is 107 Å². The molecule has 3 aliphatic rings. The lowest BCUT2D eigenvalue weighted by Crippen LogP contribution is -2.42. The van der Waals surface area contributed by atoms with Gasteiger partial charge in [0.1, 0.15) is 30.4 Å². The molecule has 330 valence electrons. The van der Waals surface area contributed by atoms with E-state index < -0.39 is 11.8 Å². The Labute approximate surface area is 364 Å². The molecule has 4 aromatic rings. The van der Waals surface area contributed by atoms with Gasteiger partial charge in [-0.15, -0.1) is 0 Å². The molecule has 19 heteroatoms. The molecule has 63 heavy (non-hydrogen) atoms. The zero-order chi connectivity index (χ0) is 44.5. The van der Waals surface area contributed by atoms with Crippen molar-refractivity contribution < 1.29 is 38.2 Å². The first-order chi connectivity index (χ1) is 30.6. The summed E-state index contributed by atoms with van der Waals surface area (Å²) in [6, 6.07) is 12.4. The molecule has 2 aromatic heterocycles. The van der Waals surface area contributed by atoms with Gasteiger partial charge in [-0.3, -0.25) is 33.9 Å². The molecule has 1 saturated carbocycles. The quantitative estimate of drug-likeness (QED) is 0.0717. The highest BCUT2D eigenvalue weighted by Crippen LogP contribution is 2.45. The summed E-state index contributed by atoms with van der Waals surface area (Å²) in [5, 5.41) is 20.9. The van der Waals surface area contributed by atoms with E-state index in [0.29, 0.717) is 58.3 Å². The number of methoxy groups -OCH3 is 1. The predicted octanol–water partition coefficient (Wildman–Crippen LogP) is 4.30. The fraction of sp³-hybridized carbons (Fsp3) is 0.432. The van der Waals surface area contributed by atoms with Crippen LogP contribution in [0.5, 0.6) is 5.75 Å². The summed E-state index contributed by atoms with van der Waals surface area (Å²) >= 11 is 0. The molecule has 4 heterocycles. The highest BCUT2D eigenvalue weighted by Gasteiger charge is 2.39. The number of ether oxygens (including phenoxy) is 3. The summed E-state index contributed by atoms with van der Waals surface area (Å²) in [5.74, 6) is 0.243. The minimum Gasteiger partial charge on any atom is -0.495 e. The van der Waals surface area contributed by atoms with Gasteiger partial charge in [0.15, 0.2) is 11.5 Å². The van der Waals surface area contributed by atoms with Gasteiger partial charge in [0, 0.05) is 54.0 Å². The average Bonchev–Trinajstić information content (AvgIpc) is 4.06. The van der Waals surface area contributed by atoms with Crippen LogP contribution in [0.15, 0.2) is 48.9 Å². The molecule has 2 aromatic carbocycles. The number of nitriles is 1. The molecular weight excluding hydrogens is 811 g/mol. The van der Waals surface area contributed by atoms with Crippen LogP contribution in [0.3, 0.4) is 0 Å². The summed E-state index contributed by atoms with van der Waals surface area (Å²) in [5.41, 5.74) is 4.67. The first-order valence-electron chi connectivity index (χ1n) is 21.1. The fourth-order valence-corrected chi connectivity index (χ4v) is 8.45. The van der Waals surface area contributed by atoms with Crippen LogP contribution in [0, 0.1) is 11.3 Å². The number of amides is 5. The number of imidazole rings is 1. The van der Waals surface area contributed by atoms with E-state index in [0.717, 1.165) is 49.3 Å². The highest BCUT2D eigenvalue weighted by atomic mass is 16.5. The Bertz CT molecular complexity index is 2390. The van der Waals surface area contributed by atoms with E-state index in [2.05, 4.69) is 49.1 Å². The highest BCUT2D eigenvalue weighted by molar-refractivity contribution is 6.02. The molecule has 7 rings (SSSR count). The molecule has 2 unspecified atom stereocenters. The van der Waals surface area contributed by atoms with Gasteiger partial charge in [0.2, 0.25) is 24.2 Å². The van der Waals surface area contributed by atoms with Gasteiger partial charge in [-0.1, -0.05) is 25.8 Å². The van der Waals surface area contributed by atoms with Gasteiger partial charge in [0.05, 0.1) is 50.6 Å². The van der Waals surface area contributed by atoms with Crippen LogP contribution in [0.4, 0.5) is 23.1 Å². The minimum atomic E-state index is -0.413. The third-order valence-electron chi connectivity index (χ3n) is 11.6. The lowest BCUT2D eigenvalue weighted by atomic mass is 10.0. The van der Waals surface area contributed by atoms with Gasteiger partial charge < -0.3 is 40.0 Å². The van der Waals surface area contributed by atoms with E-state index >= 15 is 0 Å².